The summed E-state index contributed by atoms with van der Waals surface area (Å²) in [5, 5.41) is 5.31. The summed E-state index contributed by atoms with van der Waals surface area (Å²) in [7, 11) is 0.380. The average Bonchev–Trinajstić information content (AvgIpc) is 2.56. The molecule has 1 aromatic carbocycles. The zero-order valence-electron chi connectivity index (χ0n) is 13.8. The fraction of sp³-hybridized carbons (Fsp3) is 0.467. The van der Waals surface area contributed by atoms with Crippen LogP contribution in [0.1, 0.15) is 23.2 Å². The second-order valence-corrected chi connectivity index (χ2v) is 7.73. The highest BCUT2D eigenvalue weighted by molar-refractivity contribution is 7.89. The molecule has 0 spiro atoms. The van der Waals surface area contributed by atoms with Gasteiger partial charge in [-0.15, -0.1) is 0 Å². The molecule has 24 heavy (non-hydrogen) atoms. The number of carbonyl (C=O) groups is 2. The molecule has 2 N–H and O–H groups in total. The Hall–Kier alpha value is -2.13. The molecule has 1 atom stereocenters. The predicted molar refractivity (Wildman–Crippen MR) is 87.4 cm³/mol. The number of benzene rings is 1. The van der Waals surface area contributed by atoms with Crippen molar-refractivity contribution in [1.82, 2.24) is 14.9 Å². The summed E-state index contributed by atoms with van der Waals surface area (Å²) in [6, 6.07) is 3.53. The summed E-state index contributed by atoms with van der Waals surface area (Å²) in [4.78, 5) is 24.0. The molecule has 1 aromatic rings. The number of sulfonamides is 1. The van der Waals surface area contributed by atoms with E-state index < -0.39 is 22.0 Å². The number of hydrogen-bond acceptors (Lipinski definition) is 5. The van der Waals surface area contributed by atoms with Gasteiger partial charge in [0.2, 0.25) is 15.9 Å². The SMILES string of the molecule is COc1ccc(C(=O)N[C@@H]2CCCNC2=O)cc1S(=O)(=O)N(C)C. The summed E-state index contributed by atoms with van der Waals surface area (Å²) in [5.41, 5.74) is 0.148. The van der Waals surface area contributed by atoms with Crippen LogP contribution in [0.15, 0.2) is 23.1 Å². The molecule has 0 aromatic heterocycles. The summed E-state index contributed by atoms with van der Waals surface area (Å²) in [6.07, 6.45) is 1.33. The number of hydrogen-bond donors (Lipinski definition) is 2. The number of amides is 2. The van der Waals surface area contributed by atoms with Crippen molar-refractivity contribution in [3.63, 3.8) is 0 Å². The van der Waals surface area contributed by atoms with E-state index in [9.17, 15) is 18.0 Å². The lowest BCUT2D eigenvalue weighted by Crippen LogP contribution is -2.50. The van der Waals surface area contributed by atoms with E-state index in [1.165, 1.54) is 39.4 Å². The van der Waals surface area contributed by atoms with Crippen LogP contribution in [0.4, 0.5) is 0 Å². The number of piperidine rings is 1. The summed E-state index contributed by atoms with van der Waals surface area (Å²) in [6.45, 7) is 0.596. The Morgan fingerprint density at radius 2 is 2.08 bits per heavy atom. The van der Waals surface area contributed by atoms with Crippen molar-refractivity contribution in [2.45, 2.75) is 23.8 Å². The van der Waals surface area contributed by atoms with Gasteiger partial charge in [-0.05, 0) is 31.0 Å². The van der Waals surface area contributed by atoms with Crippen LogP contribution in [0.3, 0.4) is 0 Å². The molecule has 2 rings (SSSR count). The van der Waals surface area contributed by atoms with Gasteiger partial charge in [0.05, 0.1) is 7.11 Å². The number of methoxy groups -OCH3 is 1. The molecule has 1 heterocycles. The first-order chi connectivity index (χ1) is 11.3. The first kappa shape index (κ1) is 18.2. The van der Waals surface area contributed by atoms with Gasteiger partial charge in [0.15, 0.2) is 0 Å². The van der Waals surface area contributed by atoms with E-state index in [0.717, 1.165) is 10.7 Å². The Morgan fingerprint density at radius 3 is 2.67 bits per heavy atom. The van der Waals surface area contributed by atoms with Crippen molar-refractivity contribution in [3.05, 3.63) is 23.8 Å². The van der Waals surface area contributed by atoms with Crippen molar-refractivity contribution in [3.8, 4) is 5.75 Å². The highest BCUT2D eigenvalue weighted by Crippen LogP contribution is 2.27. The molecule has 0 aliphatic carbocycles. The Labute approximate surface area is 141 Å². The van der Waals surface area contributed by atoms with Crippen LogP contribution in [0.5, 0.6) is 5.75 Å². The van der Waals surface area contributed by atoms with Gasteiger partial charge in [-0.1, -0.05) is 0 Å². The molecular weight excluding hydrogens is 334 g/mol. The minimum Gasteiger partial charge on any atom is -0.495 e. The van der Waals surface area contributed by atoms with E-state index in [0.29, 0.717) is 13.0 Å². The van der Waals surface area contributed by atoms with Crippen molar-refractivity contribution in [2.24, 2.45) is 0 Å². The van der Waals surface area contributed by atoms with Crippen molar-refractivity contribution in [1.29, 1.82) is 0 Å². The first-order valence-electron chi connectivity index (χ1n) is 7.46. The van der Waals surface area contributed by atoms with Crippen LogP contribution in [0.2, 0.25) is 0 Å². The largest absolute Gasteiger partial charge is 0.495 e. The molecule has 132 valence electrons. The third kappa shape index (κ3) is 3.68. The normalized spacial score (nSPS) is 18.2. The lowest BCUT2D eigenvalue weighted by molar-refractivity contribution is -0.124. The zero-order valence-corrected chi connectivity index (χ0v) is 14.6. The molecule has 8 nitrogen and oxygen atoms in total. The van der Waals surface area contributed by atoms with Crippen LogP contribution in [0, 0.1) is 0 Å². The number of rotatable bonds is 5. The maximum Gasteiger partial charge on any atom is 0.251 e. The standard InChI is InChI=1S/C15H21N3O5S/c1-18(2)24(21,22)13-9-10(6-7-12(13)23-3)14(19)17-11-5-4-8-16-15(11)20/h6-7,9,11H,4-5,8H2,1-3H3,(H,16,20)(H,17,19)/t11-/m1/s1. The third-order valence-electron chi connectivity index (χ3n) is 3.78. The average molecular weight is 355 g/mol. The summed E-state index contributed by atoms with van der Waals surface area (Å²) < 4.78 is 30.9. The Bertz CT molecular complexity index is 745. The van der Waals surface area contributed by atoms with Gasteiger partial charge in [-0.2, -0.15) is 0 Å². The molecular formula is C15H21N3O5S. The van der Waals surface area contributed by atoms with Gasteiger partial charge in [-0.3, -0.25) is 9.59 Å². The lowest BCUT2D eigenvalue weighted by Gasteiger charge is -2.23. The highest BCUT2D eigenvalue weighted by atomic mass is 32.2. The summed E-state index contributed by atoms with van der Waals surface area (Å²) in [5.74, 6) is -0.588. The van der Waals surface area contributed by atoms with E-state index >= 15 is 0 Å². The van der Waals surface area contributed by atoms with E-state index in [4.69, 9.17) is 4.74 Å². The maximum absolute atomic E-state index is 12.4. The van der Waals surface area contributed by atoms with Crippen LogP contribution in [-0.2, 0) is 14.8 Å². The van der Waals surface area contributed by atoms with E-state index in [1.54, 1.807) is 0 Å². The molecule has 2 amide bonds. The predicted octanol–water partition coefficient (Wildman–Crippen LogP) is -0.0461. The van der Waals surface area contributed by atoms with Crippen LogP contribution >= 0.6 is 0 Å². The van der Waals surface area contributed by atoms with E-state index in [1.807, 2.05) is 0 Å². The highest BCUT2D eigenvalue weighted by Gasteiger charge is 2.27. The fourth-order valence-electron chi connectivity index (χ4n) is 2.37. The minimum absolute atomic E-state index is 0.101. The smallest absolute Gasteiger partial charge is 0.251 e. The molecule has 1 saturated heterocycles. The molecule has 9 heteroatoms. The molecule has 0 radical (unpaired) electrons. The van der Waals surface area contributed by atoms with Crippen LogP contribution < -0.4 is 15.4 Å². The zero-order chi connectivity index (χ0) is 17.9. The van der Waals surface area contributed by atoms with E-state index in [-0.39, 0.29) is 22.1 Å². The molecule has 0 unspecified atom stereocenters. The Balaban J connectivity index is 2.31. The topological polar surface area (TPSA) is 105 Å². The van der Waals surface area contributed by atoms with Gasteiger partial charge in [-0.25, -0.2) is 12.7 Å². The van der Waals surface area contributed by atoms with Gasteiger partial charge in [0, 0.05) is 26.2 Å². The van der Waals surface area contributed by atoms with Gasteiger partial charge < -0.3 is 15.4 Å². The number of nitrogens with one attached hydrogen (secondary N) is 2. The Morgan fingerprint density at radius 1 is 1.38 bits per heavy atom. The lowest BCUT2D eigenvalue weighted by atomic mass is 10.1. The molecule has 1 aliphatic rings. The second kappa shape index (κ2) is 7.18. The summed E-state index contributed by atoms with van der Waals surface area (Å²) >= 11 is 0. The van der Waals surface area contributed by atoms with Crippen molar-refractivity contribution < 1.29 is 22.7 Å². The van der Waals surface area contributed by atoms with Crippen molar-refractivity contribution in [2.75, 3.05) is 27.7 Å². The van der Waals surface area contributed by atoms with E-state index in [2.05, 4.69) is 10.6 Å². The quantitative estimate of drug-likeness (QED) is 0.771. The van der Waals surface area contributed by atoms with Gasteiger partial charge in [0.1, 0.15) is 16.7 Å². The number of carbonyl (C=O) groups excluding carboxylic acids is 2. The molecule has 1 aliphatic heterocycles. The maximum atomic E-state index is 12.4. The Kier molecular flexibility index (Phi) is 5.45. The molecule has 0 bridgehead atoms. The van der Waals surface area contributed by atoms with Crippen LogP contribution in [0.25, 0.3) is 0 Å². The van der Waals surface area contributed by atoms with Gasteiger partial charge in [0.25, 0.3) is 5.91 Å². The minimum atomic E-state index is -3.77. The monoisotopic (exact) mass is 355 g/mol. The molecule has 0 saturated carbocycles. The number of ether oxygens (including phenoxy) is 1. The second-order valence-electron chi connectivity index (χ2n) is 5.61. The number of nitrogens with zero attached hydrogens (tertiary/aromatic N) is 1. The van der Waals surface area contributed by atoms with Crippen molar-refractivity contribution >= 4 is 21.8 Å². The fourth-order valence-corrected chi connectivity index (χ4v) is 3.44. The molecule has 1 fully saturated rings. The third-order valence-corrected chi connectivity index (χ3v) is 5.61. The van der Waals surface area contributed by atoms with Gasteiger partial charge >= 0.3 is 0 Å². The first-order valence-corrected chi connectivity index (χ1v) is 8.90. The van der Waals surface area contributed by atoms with Crippen LogP contribution in [-0.4, -0.2) is 58.3 Å².